The largest absolute Gasteiger partial charge is 0.270 e. The molecule has 3 aromatic rings. The Morgan fingerprint density at radius 2 is 1.79 bits per heavy atom. The van der Waals surface area contributed by atoms with Gasteiger partial charge in [0.1, 0.15) is 0 Å². The molecule has 0 saturated carbocycles. The Kier molecular flexibility index (Phi) is 4.13. The normalized spacial score (nSPS) is 11.3. The van der Waals surface area contributed by atoms with Gasteiger partial charge in [-0.25, -0.2) is 4.98 Å². The highest BCUT2D eigenvalue weighted by Crippen LogP contribution is 2.24. The number of hydrogen-bond donors (Lipinski definition) is 0. The predicted molar refractivity (Wildman–Crippen MR) is 98.0 cm³/mol. The van der Waals surface area contributed by atoms with Crippen LogP contribution in [0, 0.1) is 30.9 Å². The molecule has 2 aromatic carbocycles. The average Bonchev–Trinajstić information content (AvgIpc) is 2.58. The number of fused-ring (bicyclic) bond motifs is 1. The highest BCUT2D eigenvalue weighted by Gasteiger charge is 2.06. The molecule has 0 aliphatic rings. The van der Waals surface area contributed by atoms with Gasteiger partial charge in [0.15, 0.2) is 0 Å². The van der Waals surface area contributed by atoms with Gasteiger partial charge in [-0.2, -0.15) is 0 Å². The van der Waals surface area contributed by atoms with Gasteiger partial charge in [0.05, 0.1) is 16.1 Å². The van der Waals surface area contributed by atoms with Gasteiger partial charge >= 0.3 is 0 Å². The monoisotopic (exact) mass is 318 g/mol. The first kappa shape index (κ1) is 15.9. The molecule has 120 valence electrons. The molecule has 1 heterocycles. The minimum atomic E-state index is -0.388. The maximum absolute atomic E-state index is 10.8. The van der Waals surface area contributed by atoms with Crippen LogP contribution < -0.4 is 0 Å². The second-order valence-corrected chi connectivity index (χ2v) is 5.95. The van der Waals surface area contributed by atoms with Crippen LogP contribution >= 0.6 is 0 Å². The smallest absolute Gasteiger partial charge is 0.258 e. The molecule has 0 N–H and O–H groups in total. The van der Waals surface area contributed by atoms with Crippen molar-refractivity contribution in [1.82, 2.24) is 4.98 Å². The Morgan fingerprint density at radius 1 is 1.00 bits per heavy atom. The third kappa shape index (κ3) is 3.04. The number of nitro groups is 1. The third-order valence-corrected chi connectivity index (χ3v) is 4.25. The fraction of sp³-hybridized carbons (Fsp3) is 0.150. The molecule has 4 nitrogen and oxygen atoms in total. The van der Waals surface area contributed by atoms with Crippen molar-refractivity contribution >= 4 is 28.7 Å². The number of hydrogen-bond acceptors (Lipinski definition) is 3. The van der Waals surface area contributed by atoms with E-state index in [9.17, 15) is 10.1 Å². The molecule has 24 heavy (non-hydrogen) atoms. The Hall–Kier alpha value is -3.01. The van der Waals surface area contributed by atoms with E-state index in [4.69, 9.17) is 4.98 Å². The minimum Gasteiger partial charge on any atom is -0.258 e. The van der Waals surface area contributed by atoms with E-state index in [-0.39, 0.29) is 10.6 Å². The zero-order valence-electron chi connectivity index (χ0n) is 13.9. The van der Waals surface area contributed by atoms with Gasteiger partial charge in [0, 0.05) is 17.5 Å². The van der Waals surface area contributed by atoms with Crippen molar-refractivity contribution in [2.45, 2.75) is 20.8 Å². The molecule has 3 rings (SSSR count). The van der Waals surface area contributed by atoms with Crippen molar-refractivity contribution in [2.75, 3.05) is 0 Å². The first-order chi connectivity index (χ1) is 11.5. The van der Waals surface area contributed by atoms with E-state index in [2.05, 4.69) is 32.9 Å². The lowest BCUT2D eigenvalue weighted by atomic mass is 10.0. The lowest BCUT2D eigenvalue weighted by Crippen LogP contribution is -1.92. The van der Waals surface area contributed by atoms with Crippen LogP contribution in [-0.2, 0) is 0 Å². The van der Waals surface area contributed by atoms with E-state index in [1.54, 1.807) is 12.1 Å². The average molecular weight is 318 g/mol. The van der Waals surface area contributed by atoms with Gasteiger partial charge in [-0.3, -0.25) is 10.1 Å². The Labute approximate surface area is 140 Å². The van der Waals surface area contributed by atoms with Gasteiger partial charge in [-0.1, -0.05) is 30.3 Å². The Bertz CT molecular complexity index is 975. The number of nitro benzene ring substituents is 1. The maximum Gasteiger partial charge on any atom is 0.270 e. The van der Waals surface area contributed by atoms with E-state index in [1.807, 2.05) is 24.3 Å². The van der Waals surface area contributed by atoms with Gasteiger partial charge in [0.2, 0.25) is 0 Å². The molecule has 0 spiro atoms. The van der Waals surface area contributed by atoms with Crippen LogP contribution in [-0.4, -0.2) is 9.91 Å². The van der Waals surface area contributed by atoms with Crippen molar-refractivity contribution in [3.8, 4) is 0 Å². The first-order valence-electron chi connectivity index (χ1n) is 7.76. The Balaban J connectivity index is 2.00. The summed E-state index contributed by atoms with van der Waals surface area (Å²) in [7, 11) is 0. The zero-order valence-corrected chi connectivity index (χ0v) is 13.9. The molecule has 4 heteroatoms. The van der Waals surface area contributed by atoms with E-state index < -0.39 is 0 Å². The number of benzene rings is 2. The number of non-ortho nitro benzene ring substituents is 1. The summed E-state index contributed by atoms with van der Waals surface area (Å²) in [5.41, 5.74) is 6.34. The minimum absolute atomic E-state index is 0.0886. The lowest BCUT2D eigenvalue weighted by Gasteiger charge is -2.09. The molecular formula is C20H18N2O2. The third-order valence-electron chi connectivity index (χ3n) is 4.25. The standard InChI is InChI=1S/C20H18N2O2/c1-13-11-14(2)19-10-9-17(21-20(19)15(13)3)8-7-16-5-4-6-18(12-16)22(23)24/h4-12H,1-3H3/b8-7+. The number of rotatable bonds is 3. The van der Waals surface area contributed by atoms with Gasteiger partial charge in [-0.15, -0.1) is 0 Å². The maximum atomic E-state index is 10.8. The van der Waals surface area contributed by atoms with Crippen molar-refractivity contribution in [2.24, 2.45) is 0 Å². The van der Waals surface area contributed by atoms with Crippen LogP contribution in [0.5, 0.6) is 0 Å². The first-order valence-corrected chi connectivity index (χ1v) is 7.76. The number of pyridine rings is 1. The number of aryl methyl sites for hydroxylation is 3. The summed E-state index contributed by atoms with van der Waals surface area (Å²) in [4.78, 5) is 15.2. The van der Waals surface area contributed by atoms with Crippen LogP contribution in [0.2, 0.25) is 0 Å². The highest BCUT2D eigenvalue weighted by molar-refractivity contribution is 5.87. The summed E-state index contributed by atoms with van der Waals surface area (Å²) in [6.45, 7) is 6.27. The van der Waals surface area contributed by atoms with Crippen molar-refractivity contribution < 1.29 is 4.92 Å². The van der Waals surface area contributed by atoms with Crippen LogP contribution in [0.3, 0.4) is 0 Å². The topological polar surface area (TPSA) is 56.0 Å². The summed E-state index contributed by atoms with van der Waals surface area (Å²) in [5.74, 6) is 0. The van der Waals surface area contributed by atoms with Crippen molar-refractivity contribution in [3.63, 3.8) is 0 Å². The fourth-order valence-electron chi connectivity index (χ4n) is 2.79. The predicted octanol–water partition coefficient (Wildman–Crippen LogP) is 5.24. The van der Waals surface area contributed by atoms with Crippen LogP contribution in [0.4, 0.5) is 5.69 Å². The molecule has 0 saturated heterocycles. The van der Waals surface area contributed by atoms with E-state index in [0.717, 1.165) is 22.2 Å². The molecule has 0 atom stereocenters. The van der Waals surface area contributed by atoms with Gasteiger partial charge < -0.3 is 0 Å². The van der Waals surface area contributed by atoms with E-state index >= 15 is 0 Å². The molecule has 0 radical (unpaired) electrons. The zero-order chi connectivity index (χ0) is 17.3. The molecule has 0 aliphatic carbocycles. The van der Waals surface area contributed by atoms with E-state index in [0.29, 0.717) is 0 Å². The van der Waals surface area contributed by atoms with Crippen LogP contribution in [0.25, 0.3) is 23.1 Å². The molecule has 0 aliphatic heterocycles. The summed E-state index contributed by atoms with van der Waals surface area (Å²) >= 11 is 0. The Morgan fingerprint density at radius 3 is 2.54 bits per heavy atom. The van der Waals surface area contributed by atoms with Crippen molar-refractivity contribution in [1.29, 1.82) is 0 Å². The van der Waals surface area contributed by atoms with Gasteiger partial charge in [-0.05, 0) is 55.2 Å². The number of aromatic nitrogens is 1. The highest BCUT2D eigenvalue weighted by atomic mass is 16.6. The van der Waals surface area contributed by atoms with Crippen LogP contribution in [0.1, 0.15) is 27.9 Å². The summed E-state index contributed by atoms with van der Waals surface area (Å²) in [5, 5.41) is 12.0. The van der Waals surface area contributed by atoms with E-state index in [1.165, 1.54) is 22.8 Å². The number of nitrogens with zero attached hydrogens (tertiary/aromatic N) is 2. The molecular weight excluding hydrogens is 300 g/mol. The SMILES string of the molecule is Cc1cc(C)c2ccc(/C=C/c3cccc([N+](=O)[O-])c3)nc2c1C. The summed E-state index contributed by atoms with van der Waals surface area (Å²) < 4.78 is 0. The molecule has 0 fully saturated rings. The fourth-order valence-corrected chi connectivity index (χ4v) is 2.79. The summed E-state index contributed by atoms with van der Waals surface area (Å²) in [6.07, 6.45) is 3.73. The van der Waals surface area contributed by atoms with Crippen molar-refractivity contribution in [3.05, 3.63) is 80.5 Å². The van der Waals surface area contributed by atoms with Gasteiger partial charge in [0.25, 0.3) is 5.69 Å². The second-order valence-electron chi connectivity index (χ2n) is 5.95. The quantitative estimate of drug-likeness (QED) is 0.490. The molecule has 0 unspecified atom stereocenters. The molecule has 0 bridgehead atoms. The second kappa shape index (κ2) is 6.24. The van der Waals surface area contributed by atoms with Crippen LogP contribution in [0.15, 0.2) is 42.5 Å². The molecule has 0 amide bonds. The summed E-state index contributed by atoms with van der Waals surface area (Å²) in [6, 6.07) is 12.8. The lowest BCUT2D eigenvalue weighted by molar-refractivity contribution is -0.384. The molecule has 1 aromatic heterocycles.